The van der Waals surface area contributed by atoms with Crippen LogP contribution >= 0.6 is 0 Å². The summed E-state index contributed by atoms with van der Waals surface area (Å²) in [6.07, 6.45) is 3.91. The van der Waals surface area contributed by atoms with E-state index in [1.165, 1.54) is 13.8 Å². The van der Waals surface area contributed by atoms with Crippen molar-refractivity contribution in [3.05, 3.63) is 11.6 Å². The second-order valence-electron chi connectivity index (χ2n) is 9.96. The van der Waals surface area contributed by atoms with Gasteiger partial charge in [-0.05, 0) is 51.0 Å². The zero-order valence-electron chi connectivity index (χ0n) is 17.6. The van der Waals surface area contributed by atoms with E-state index in [0.717, 1.165) is 5.57 Å². The van der Waals surface area contributed by atoms with Crippen LogP contribution in [0.15, 0.2) is 11.6 Å². The van der Waals surface area contributed by atoms with Gasteiger partial charge in [0, 0.05) is 36.5 Å². The van der Waals surface area contributed by atoms with Crippen LogP contribution in [0.1, 0.15) is 72.6 Å². The second kappa shape index (κ2) is 6.08. The van der Waals surface area contributed by atoms with Gasteiger partial charge in [0.1, 0.15) is 0 Å². The summed E-state index contributed by atoms with van der Waals surface area (Å²) in [5.41, 5.74) is -4.57. The van der Waals surface area contributed by atoms with Crippen LogP contribution in [-0.2, 0) is 23.9 Å². The Kier molecular flexibility index (Phi) is 4.28. The van der Waals surface area contributed by atoms with E-state index in [4.69, 9.17) is 4.74 Å². The largest absolute Gasteiger partial charge is 0.451 e. The smallest absolute Gasteiger partial charge is 0.303 e. The molecule has 0 spiro atoms. The highest BCUT2D eigenvalue weighted by molar-refractivity contribution is 5.97. The molecule has 4 rings (SSSR count). The molecule has 0 bridgehead atoms. The van der Waals surface area contributed by atoms with Crippen molar-refractivity contribution in [3.63, 3.8) is 0 Å². The molecule has 4 aliphatic rings. The number of hydrogen-bond acceptors (Lipinski definition) is 5. The third-order valence-corrected chi connectivity index (χ3v) is 8.81. The van der Waals surface area contributed by atoms with Gasteiger partial charge in [-0.3, -0.25) is 19.2 Å². The van der Waals surface area contributed by atoms with Gasteiger partial charge in [0.2, 0.25) is 0 Å². The number of carbonyl (C=O) groups excluding carboxylic acids is 4. The van der Waals surface area contributed by atoms with Crippen molar-refractivity contribution in [2.75, 3.05) is 0 Å². The molecule has 0 N–H and O–H groups in total. The van der Waals surface area contributed by atoms with Crippen LogP contribution in [0.4, 0.5) is 4.39 Å². The van der Waals surface area contributed by atoms with E-state index in [1.807, 2.05) is 6.92 Å². The highest BCUT2D eigenvalue weighted by atomic mass is 19.1. The molecule has 0 aliphatic heterocycles. The standard InChI is InChI=1S/C23H29FO5/c1-13(25)22(29-14(2)26)10-8-17-18-6-5-15-11-16(27)7-9-20(15,3)23(18,24)19(28)12-21(17,22)4/h11,17-18H,5-10,12H2,1-4H3/t17-,18-,20-,21-,22-,23-/m0/s1. The number of carbonyl (C=O) groups is 4. The maximum Gasteiger partial charge on any atom is 0.303 e. The molecule has 5 nitrogen and oxygen atoms in total. The van der Waals surface area contributed by atoms with Gasteiger partial charge in [0.15, 0.2) is 28.6 Å². The van der Waals surface area contributed by atoms with E-state index in [0.29, 0.717) is 32.1 Å². The Morgan fingerprint density at radius 1 is 1.07 bits per heavy atom. The molecule has 0 aromatic carbocycles. The van der Waals surface area contributed by atoms with Crippen LogP contribution in [0.2, 0.25) is 0 Å². The monoisotopic (exact) mass is 404 g/mol. The van der Waals surface area contributed by atoms with Crippen molar-refractivity contribution in [2.24, 2.45) is 22.7 Å². The number of fused-ring (bicyclic) bond motifs is 5. The molecule has 3 saturated carbocycles. The first kappa shape index (κ1) is 20.4. The van der Waals surface area contributed by atoms with Crippen molar-refractivity contribution < 1.29 is 28.3 Å². The average Bonchev–Trinajstić information content (AvgIpc) is 2.90. The van der Waals surface area contributed by atoms with Gasteiger partial charge in [-0.2, -0.15) is 0 Å². The van der Waals surface area contributed by atoms with Crippen LogP contribution in [0, 0.1) is 22.7 Å². The zero-order valence-corrected chi connectivity index (χ0v) is 17.6. The summed E-state index contributed by atoms with van der Waals surface area (Å²) < 4.78 is 22.5. The summed E-state index contributed by atoms with van der Waals surface area (Å²) in [5.74, 6) is -2.12. The summed E-state index contributed by atoms with van der Waals surface area (Å²) in [6, 6.07) is 0. The number of ketones is 3. The summed E-state index contributed by atoms with van der Waals surface area (Å²) >= 11 is 0. The average molecular weight is 404 g/mol. The molecular formula is C23H29FO5. The van der Waals surface area contributed by atoms with Crippen LogP contribution in [0.3, 0.4) is 0 Å². The van der Waals surface area contributed by atoms with E-state index >= 15 is 4.39 Å². The van der Waals surface area contributed by atoms with Gasteiger partial charge in [-0.25, -0.2) is 4.39 Å². The van der Waals surface area contributed by atoms with Crippen molar-refractivity contribution in [1.82, 2.24) is 0 Å². The third kappa shape index (κ3) is 2.32. The van der Waals surface area contributed by atoms with E-state index in [1.54, 1.807) is 13.0 Å². The van der Waals surface area contributed by atoms with Crippen LogP contribution in [0.5, 0.6) is 0 Å². The minimum absolute atomic E-state index is 0.000979. The van der Waals surface area contributed by atoms with Gasteiger partial charge >= 0.3 is 5.97 Å². The third-order valence-electron chi connectivity index (χ3n) is 8.81. The Morgan fingerprint density at radius 3 is 2.38 bits per heavy atom. The van der Waals surface area contributed by atoms with Gasteiger partial charge in [-0.15, -0.1) is 0 Å². The number of halogens is 1. The van der Waals surface area contributed by atoms with Gasteiger partial charge in [-0.1, -0.05) is 19.4 Å². The highest BCUT2D eigenvalue weighted by Gasteiger charge is 2.75. The van der Waals surface area contributed by atoms with E-state index in [-0.39, 0.29) is 30.3 Å². The molecule has 0 saturated heterocycles. The van der Waals surface area contributed by atoms with E-state index < -0.39 is 39.8 Å². The number of allylic oxidation sites excluding steroid dienone is 1. The number of Topliss-reactive ketones (excluding diaryl/α,β-unsaturated/α-hetero) is 2. The molecule has 0 heterocycles. The normalized spacial score (nSPS) is 46.3. The first-order chi connectivity index (χ1) is 13.4. The lowest BCUT2D eigenvalue weighted by Crippen LogP contribution is -2.68. The predicted octanol–water partition coefficient (Wildman–Crippen LogP) is 3.68. The first-order valence-corrected chi connectivity index (χ1v) is 10.6. The molecule has 3 fully saturated rings. The fraction of sp³-hybridized carbons (Fsp3) is 0.739. The topological polar surface area (TPSA) is 77.5 Å². The van der Waals surface area contributed by atoms with Crippen molar-refractivity contribution >= 4 is 23.3 Å². The Morgan fingerprint density at radius 2 is 1.76 bits per heavy atom. The lowest BCUT2D eigenvalue weighted by molar-refractivity contribution is -0.199. The van der Waals surface area contributed by atoms with Gasteiger partial charge in [0.05, 0.1) is 0 Å². The molecule has 6 heteroatoms. The zero-order chi connectivity index (χ0) is 21.4. The summed E-state index contributed by atoms with van der Waals surface area (Å²) in [6.45, 7) is 6.28. The molecular weight excluding hydrogens is 375 g/mol. The molecule has 0 amide bonds. The minimum Gasteiger partial charge on any atom is -0.451 e. The van der Waals surface area contributed by atoms with Gasteiger partial charge in [0.25, 0.3) is 0 Å². The first-order valence-electron chi connectivity index (χ1n) is 10.6. The molecule has 29 heavy (non-hydrogen) atoms. The van der Waals surface area contributed by atoms with E-state index in [9.17, 15) is 19.2 Å². The van der Waals surface area contributed by atoms with Crippen molar-refractivity contribution in [3.8, 4) is 0 Å². The molecule has 158 valence electrons. The Bertz CT molecular complexity index is 861. The fourth-order valence-electron chi connectivity index (χ4n) is 7.34. The van der Waals surface area contributed by atoms with Crippen molar-refractivity contribution in [1.29, 1.82) is 0 Å². The molecule has 0 aromatic heterocycles. The number of hydrogen-bond donors (Lipinski definition) is 0. The SMILES string of the molecule is CC(=O)O[C@]1(C(C)=O)CC[C@H]2[C@@H]3CCC4=CC(=O)CC[C@]4(C)[C@@]3(F)C(=O)C[C@@]21C. The molecule has 4 aliphatic carbocycles. The quantitative estimate of drug-likeness (QED) is 0.656. The minimum atomic E-state index is -2.05. The van der Waals surface area contributed by atoms with Crippen LogP contribution < -0.4 is 0 Å². The van der Waals surface area contributed by atoms with Crippen LogP contribution in [0.25, 0.3) is 0 Å². The Balaban J connectivity index is 1.82. The number of ether oxygens (including phenoxy) is 1. The maximum atomic E-state index is 16.9. The highest BCUT2D eigenvalue weighted by Crippen LogP contribution is 2.69. The molecule has 0 aromatic rings. The van der Waals surface area contributed by atoms with E-state index in [2.05, 4.69) is 0 Å². The van der Waals surface area contributed by atoms with Crippen molar-refractivity contribution in [2.45, 2.75) is 83.9 Å². The molecule has 6 atom stereocenters. The van der Waals surface area contributed by atoms with Crippen LogP contribution in [-0.4, -0.2) is 34.6 Å². The second-order valence-corrected chi connectivity index (χ2v) is 9.96. The summed E-state index contributed by atoms with van der Waals surface area (Å²) in [7, 11) is 0. The maximum absolute atomic E-state index is 16.9. The number of esters is 1. The molecule has 0 unspecified atom stereocenters. The fourth-order valence-corrected chi connectivity index (χ4v) is 7.34. The lowest BCUT2D eigenvalue weighted by atomic mass is 9.44. The number of rotatable bonds is 2. The summed E-state index contributed by atoms with van der Waals surface area (Å²) in [5, 5.41) is 0. The molecule has 0 radical (unpaired) electrons. The Labute approximate surface area is 170 Å². The van der Waals surface area contributed by atoms with Gasteiger partial charge < -0.3 is 4.74 Å². The summed E-state index contributed by atoms with van der Waals surface area (Å²) in [4.78, 5) is 50.0. The number of alkyl halides is 1. The lowest BCUT2D eigenvalue weighted by Gasteiger charge is -2.60. The predicted molar refractivity (Wildman–Crippen MR) is 103 cm³/mol. The Hall–Kier alpha value is -1.85.